The first-order chi connectivity index (χ1) is 10.9. The fraction of sp³-hybridized carbons (Fsp3) is 0.235. The van der Waals surface area contributed by atoms with Crippen LogP contribution in [0.3, 0.4) is 0 Å². The number of halogens is 3. The molecule has 0 saturated carbocycles. The molecule has 0 aliphatic carbocycles. The highest BCUT2D eigenvalue weighted by molar-refractivity contribution is 5.99. The molecule has 0 atom stereocenters. The van der Waals surface area contributed by atoms with Gasteiger partial charge in [-0.1, -0.05) is 30.3 Å². The summed E-state index contributed by atoms with van der Waals surface area (Å²) >= 11 is 0. The second-order valence-corrected chi connectivity index (χ2v) is 5.27. The van der Waals surface area contributed by atoms with Crippen molar-refractivity contribution in [3.05, 3.63) is 59.7 Å². The van der Waals surface area contributed by atoms with Crippen molar-refractivity contribution in [1.82, 2.24) is 0 Å². The standard InChI is InChI=1S/C17H14F3NO2/c18-17(19,20)16(22)21-9-8-13-10-14(6-7-15(13)21)23-11-12-4-2-1-3-5-12/h1-7,10H,8-9,11H2. The molecule has 0 fully saturated rings. The number of fused-ring (bicyclic) bond motifs is 1. The highest BCUT2D eigenvalue weighted by atomic mass is 19.4. The van der Waals surface area contributed by atoms with Crippen LogP contribution in [-0.4, -0.2) is 18.6 Å². The van der Waals surface area contributed by atoms with Crippen LogP contribution >= 0.6 is 0 Å². The number of rotatable bonds is 3. The fourth-order valence-electron chi connectivity index (χ4n) is 2.57. The molecule has 1 aliphatic rings. The zero-order valence-corrected chi connectivity index (χ0v) is 12.1. The molecular formula is C17H14F3NO2. The highest BCUT2D eigenvalue weighted by Crippen LogP contribution is 2.34. The van der Waals surface area contributed by atoms with Gasteiger partial charge < -0.3 is 9.64 Å². The van der Waals surface area contributed by atoms with Gasteiger partial charge in [-0.2, -0.15) is 13.2 Å². The normalized spacial score (nSPS) is 13.8. The summed E-state index contributed by atoms with van der Waals surface area (Å²) in [5.41, 5.74) is 1.99. The Morgan fingerprint density at radius 2 is 1.87 bits per heavy atom. The van der Waals surface area contributed by atoms with Crippen molar-refractivity contribution in [2.24, 2.45) is 0 Å². The van der Waals surface area contributed by atoms with Crippen LogP contribution in [0.25, 0.3) is 0 Å². The predicted octanol–water partition coefficient (Wildman–Crippen LogP) is 3.72. The van der Waals surface area contributed by atoms with Crippen molar-refractivity contribution < 1.29 is 22.7 Å². The third-order valence-corrected chi connectivity index (χ3v) is 3.68. The summed E-state index contributed by atoms with van der Waals surface area (Å²) < 4.78 is 43.4. The van der Waals surface area contributed by atoms with Gasteiger partial charge in [0.05, 0.1) is 0 Å². The maximum atomic E-state index is 12.6. The number of anilines is 1. The largest absolute Gasteiger partial charge is 0.489 e. The Morgan fingerprint density at radius 3 is 2.57 bits per heavy atom. The predicted molar refractivity (Wildman–Crippen MR) is 79.3 cm³/mol. The third kappa shape index (κ3) is 3.31. The van der Waals surface area contributed by atoms with Crippen molar-refractivity contribution in [3.63, 3.8) is 0 Å². The number of carbonyl (C=O) groups excluding carboxylic acids is 1. The molecule has 1 aliphatic heterocycles. The molecule has 3 rings (SSSR count). The Kier molecular flexibility index (Phi) is 3.98. The lowest BCUT2D eigenvalue weighted by atomic mass is 10.1. The van der Waals surface area contributed by atoms with Crippen LogP contribution in [0, 0.1) is 0 Å². The minimum Gasteiger partial charge on any atom is -0.489 e. The molecule has 1 heterocycles. The van der Waals surface area contributed by atoms with Crippen LogP contribution in [0.4, 0.5) is 18.9 Å². The van der Waals surface area contributed by atoms with Crippen LogP contribution in [0.2, 0.25) is 0 Å². The van der Waals surface area contributed by atoms with Gasteiger partial charge in [-0.15, -0.1) is 0 Å². The van der Waals surface area contributed by atoms with Crippen LogP contribution in [0.1, 0.15) is 11.1 Å². The molecule has 0 unspecified atom stereocenters. The summed E-state index contributed by atoms with van der Waals surface area (Å²) in [6.07, 6.45) is -4.47. The fourth-order valence-corrected chi connectivity index (χ4v) is 2.57. The van der Waals surface area contributed by atoms with Crippen LogP contribution < -0.4 is 9.64 Å². The lowest BCUT2D eigenvalue weighted by molar-refractivity contribution is -0.170. The van der Waals surface area contributed by atoms with E-state index in [1.165, 1.54) is 6.07 Å². The average Bonchev–Trinajstić information content (AvgIpc) is 2.95. The summed E-state index contributed by atoms with van der Waals surface area (Å²) in [6, 6.07) is 14.4. The van der Waals surface area contributed by atoms with E-state index in [9.17, 15) is 18.0 Å². The molecule has 2 aromatic carbocycles. The summed E-state index contributed by atoms with van der Waals surface area (Å²) in [5.74, 6) is -1.25. The number of hydrogen-bond donors (Lipinski definition) is 0. The number of nitrogens with zero attached hydrogens (tertiary/aromatic N) is 1. The van der Waals surface area contributed by atoms with Gasteiger partial charge in [0.15, 0.2) is 0 Å². The molecule has 0 saturated heterocycles. The Morgan fingerprint density at radius 1 is 1.13 bits per heavy atom. The Hall–Kier alpha value is -2.50. The van der Waals surface area contributed by atoms with Crippen molar-refractivity contribution in [3.8, 4) is 5.75 Å². The Bertz CT molecular complexity index is 714. The number of alkyl halides is 3. The summed E-state index contributed by atoms with van der Waals surface area (Å²) in [5, 5.41) is 0. The zero-order valence-electron chi connectivity index (χ0n) is 12.1. The topological polar surface area (TPSA) is 29.5 Å². The molecule has 0 N–H and O–H groups in total. The molecular weight excluding hydrogens is 307 g/mol. The molecule has 0 spiro atoms. The van der Waals surface area contributed by atoms with E-state index in [0.29, 0.717) is 30.0 Å². The smallest absolute Gasteiger partial charge is 0.471 e. The van der Waals surface area contributed by atoms with E-state index in [2.05, 4.69) is 0 Å². The molecule has 23 heavy (non-hydrogen) atoms. The van der Waals surface area contributed by atoms with Crippen molar-refractivity contribution in [1.29, 1.82) is 0 Å². The van der Waals surface area contributed by atoms with Gasteiger partial charge in [-0.3, -0.25) is 4.79 Å². The van der Waals surface area contributed by atoms with Crippen molar-refractivity contribution in [2.75, 3.05) is 11.4 Å². The molecule has 0 bridgehead atoms. The van der Waals surface area contributed by atoms with Gasteiger partial charge in [-0.25, -0.2) is 0 Å². The van der Waals surface area contributed by atoms with E-state index < -0.39 is 12.1 Å². The molecule has 3 nitrogen and oxygen atoms in total. The van der Waals surface area contributed by atoms with Crippen molar-refractivity contribution in [2.45, 2.75) is 19.2 Å². The third-order valence-electron chi connectivity index (χ3n) is 3.68. The first-order valence-electron chi connectivity index (χ1n) is 7.13. The number of hydrogen-bond acceptors (Lipinski definition) is 2. The SMILES string of the molecule is O=C(N1CCc2cc(OCc3ccccc3)ccc21)C(F)(F)F. The average molecular weight is 321 g/mol. The minimum atomic E-state index is -4.86. The van der Waals surface area contributed by atoms with Gasteiger partial charge in [0.1, 0.15) is 12.4 Å². The Labute approximate surface area is 131 Å². The first kappa shape index (κ1) is 15.4. The van der Waals surface area contributed by atoms with Gasteiger partial charge in [0.2, 0.25) is 0 Å². The van der Waals surface area contributed by atoms with Gasteiger partial charge in [0.25, 0.3) is 0 Å². The lowest BCUT2D eigenvalue weighted by Crippen LogP contribution is -2.40. The maximum Gasteiger partial charge on any atom is 0.471 e. The lowest BCUT2D eigenvalue weighted by Gasteiger charge is -2.19. The van der Waals surface area contributed by atoms with E-state index >= 15 is 0 Å². The molecule has 120 valence electrons. The zero-order chi connectivity index (χ0) is 16.4. The first-order valence-corrected chi connectivity index (χ1v) is 7.13. The van der Waals surface area contributed by atoms with Gasteiger partial charge in [-0.05, 0) is 35.7 Å². The van der Waals surface area contributed by atoms with E-state index in [4.69, 9.17) is 4.74 Å². The van der Waals surface area contributed by atoms with E-state index in [0.717, 1.165) is 10.5 Å². The van der Waals surface area contributed by atoms with Crippen LogP contribution in [0.15, 0.2) is 48.5 Å². The monoisotopic (exact) mass is 321 g/mol. The number of amides is 1. The van der Waals surface area contributed by atoms with Crippen LogP contribution in [0.5, 0.6) is 5.75 Å². The van der Waals surface area contributed by atoms with E-state index in [1.807, 2.05) is 30.3 Å². The number of benzene rings is 2. The quantitative estimate of drug-likeness (QED) is 0.862. The minimum absolute atomic E-state index is 0.0375. The maximum absolute atomic E-state index is 12.6. The summed E-state index contributed by atoms with van der Waals surface area (Å²) in [4.78, 5) is 12.2. The second-order valence-electron chi connectivity index (χ2n) is 5.27. The highest BCUT2D eigenvalue weighted by Gasteiger charge is 2.44. The van der Waals surface area contributed by atoms with E-state index in [1.54, 1.807) is 12.1 Å². The van der Waals surface area contributed by atoms with Gasteiger partial charge >= 0.3 is 12.1 Å². The van der Waals surface area contributed by atoms with E-state index in [-0.39, 0.29) is 6.54 Å². The van der Waals surface area contributed by atoms with Crippen LogP contribution in [-0.2, 0) is 17.8 Å². The number of ether oxygens (including phenoxy) is 1. The Balaban J connectivity index is 1.73. The molecule has 6 heteroatoms. The second kappa shape index (κ2) is 5.95. The molecule has 0 aromatic heterocycles. The summed E-state index contributed by atoms with van der Waals surface area (Å²) in [6.45, 7) is 0.417. The van der Waals surface area contributed by atoms with Crippen molar-refractivity contribution >= 4 is 11.6 Å². The van der Waals surface area contributed by atoms with Gasteiger partial charge in [0, 0.05) is 12.2 Å². The molecule has 1 amide bonds. The number of carbonyl (C=O) groups is 1. The molecule has 2 aromatic rings. The summed E-state index contributed by atoms with van der Waals surface area (Å²) in [7, 11) is 0. The molecule has 0 radical (unpaired) electrons.